The van der Waals surface area contributed by atoms with E-state index in [2.05, 4.69) is 5.32 Å². The number of halogens is 1. The normalized spacial score (nSPS) is 18.7. The van der Waals surface area contributed by atoms with Gasteiger partial charge < -0.3 is 11.1 Å². The first-order valence-corrected chi connectivity index (χ1v) is 10.0. The summed E-state index contributed by atoms with van der Waals surface area (Å²) in [4.78, 5) is 12.4. The van der Waals surface area contributed by atoms with E-state index >= 15 is 0 Å². The number of benzene rings is 2. The van der Waals surface area contributed by atoms with Crippen molar-refractivity contribution in [1.82, 2.24) is 15.1 Å². The first-order chi connectivity index (χ1) is 14.1. The van der Waals surface area contributed by atoms with Gasteiger partial charge in [-0.2, -0.15) is 5.10 Å². The Labute approximate surface area is 169 Å². The Morgan fingerprint density at radius 1 is 1.14 bits per heavy atom. The molecule has 29 heavy (non-hydrogen) atoms. The monoisotopic (exact) mass is 392 g/mol. The van der Waals surface area contributed by atoms with Gasteiger partial charge in [0.25, 0.3) is 0 Å². The van der Waals surface area contributed by atoms with Crippen molar-refractivity contribution in [3.63, 3.8) is 0 Å². The molecule has 6 heteroatoms. The lowest BCUT2D eigenvalue weighted by atomic mass is 10.00. The van der Waals surface area contributed by atoms with Crippen LogP contribution in [0.4, 0.5) is 4.39 Å². The number of hydrogen-bond acceptors (Lipinski definition) is 3. The van der Waals surface area contributed by atoms with Crippen molar-refractivity contribution in [2.24, 2.45) is 11.7 Å². The first kappa shape index (κ1) is 19.3. The molecule has 1 saturated carbocycles. The molecule has 1 heterocycles. The number of hydrogen-bond donors (Lipinski definition) is 2. The summed E-state index contributed by atoms with van der Waals surface area (Å²) < 4.78 is 15.1. The van der Waals surface area contributed by atoms with Gasteiger partial charge in [0.05, 0.1) is 11.4 Å². The fourth-order valence-electron chi connectivity index (χ4n) is 3.93. The number of carbonyl (C=O) groups excluding carboxylic acids is 1. The van der Waals surface area contributed by atoms with Crippen LogP contribution in [0.1, 0.15) is 31.2 Å². The molecule has 1 amide bonds. The molecule has 2 aromatic carbocycles. The van der Waals surface area contributed by atoms with Gasteiger partial charge in [0.15, 0.2) is 0 Å². The third kappa shape index (κ3) is 4.54. The van der Waals surface area contributed by atoms with Gasteiger partial charge in [-0.3, -0.25) is 4.79 Å². The minimum atomic E-state index is -0.293. The van der Waals surface area contributed by atoms with Crippen LogP contribution in [0.2, 0.25) is 0 Å². The number of carbonyl (C=O) groups is 1. The van der Waals surface area contributed by atoms with E-state index in [-0.39, 0.29) is 23.7 Å². The summed E-state index contributed by atoms with van der Waals surface area (Å²) >= 11 is 0. The van der Waals surface area contributed by atoms with Crippen molar-refractivity contribution in [3.8, 4) is 16.9 Å². The molecule has 5 nitrogen and oxygen atoms in total. The number of para-hydroxylation sites is 1. The van der Waals surface area contributed by atoms with Crippen LogP contribution in [0.15, 0.2) is 60.8 Å². The summed E-state index contributed by atoms with van der Waals surface area (Å²) in [7, 11) is 0. The number of aromatic nitrogens is 2. The standard InChI is InChI=1S/C23H25FN4O/c24-19-11-9-16(10-12-19)23-18(15-28(27-23)20-6-2-1-3-7-20)14-26-22(29)13-17-5-4-8-21(17)25/h1-3,6-7,9-12,15,17,21H,4-5,8,13-14,25H2,(H,26,29)/t17-,21+/m0/s1. The Morgan fingerprint density at radius 3 is 2.59 bits per heavy atom. The number of amides is 1. The van der Waals surface area contributed by atoms with Crippen LogP contribution < -0.4 is 11.1 Å². The molecule has 2 atom stereocenters. The fraction of sp³-hybridized carbons (Fsp3) is 0.304. The molecule has 1 aliphatic carbocycles. The van der Waals surface area contributed by atoms with Gasteiger partial charge in [-0.25, -0.2) is 9.07 Å². The molecule has 1 fully saturated rings. The molecular formula is C23H25FN4O. The van der Waals surface area contributed by atoms with E-state index in [9.17, 15) is 9.18 Å². The molecule has 150 valence electrons. The van der Waals surface area contributed by atoms with Gasteiger partial charge in [0, 0.05) is 36.3 Å². The summed E-state index contributed by atoms with van der Waals surface area (Å²) in [5, 5.41) is 7.71. The number of rotatable bonds is 6. The summed E-state index contributed by atoms with van der Waals surface area (Å²) in [5.74, 6) is -0.0255. The van der Waals surface area contributed by atoms with E-state index in [0.717, 1.165) is 41.8 Å². The zero-order chi connectivity index (χ0) is 20.2. The van der Waals surface area contributed by atoms with Crippen molar-refractivity contribution in [1.29, 1.82) is 0 Å². The molecule has 1 aromatic heterocycles. The lowest BCUT2D eigenvalue weighted by Crippen LogP contribution is -2.31. The quantitative estimate of drug-likeness (QED) is 0.670. The van der Waals surface area contributed by atoms with Crippen LogP contribution in [-0.2, 0) is 11.3 Å². The minimum Gasteiger partial charge on any atom is -0.352 e. The Kier molecular flexibility index (Phi) is 5.71. The van der Waals surface area contributed by atoms with Gasteiger partial charge in [-0.1, -0.05) is 24.6 Å². The Hall–Kier alpha value is -2.99. The zero-order valence-corrected chi connectivity index (χ0v) is 16.2. The summed E-state index contributed by atoms with van der Waals surface area (Å²) in [6.07, 6.45) is 5.48. The lowest BCUT2D eigenvalue weighted by Gasteiger charge is -2.14. The number of nitrogens with two attached hydrogens (primary N) is 1. The van der Waals surface area contributed by atoms with E-state index in [1.54, 1.807) is 16.8 Å². The Morgan fingerprint density at radius 2 is 1.90 bits per heavy atom. The molecule has 0 saturated heterocycles. The maximum absolute atomic E-state index is 13.4. The average Bonchev–Trinajstić information content (AvgIpc) is 3.34. The van der Waals surface area contributed by atoms with E-state index in [1.165, 1.54) is 12.1 Å². The van der Waals surface area contributed by atoms with E-state index < -0.39 is 0 Å². The van der Waals surface area contributed by atoms with Crippen molar-refractivity contribution in [2.75, 3.05) is 0 Å². The second-order valence-electron chi connectivity index (χ2n) is 7.63. The highest BCUT2D eigenvalue weighted by atomic mass is 19.1. The first-order valence-electron chi connectivity index (χ1n) is 10.0. The van der Waals surface area contributed by atoms with Crippen LogP contribution >= 0.6 is 0 Å². The van der Waals surface area contributed by atoms with Gasteiger partial charge in [-0.15, -0.1) is 0 Å². The van der Waals surface area contributed by atoms with Crippen molar-refractivity contribution >= 4 is 5.91 Å². The van der Waals surface area contributed by atoms with Crippen LogP contribution in [0, 0.1) is 11.7 Å². The molecule has 1 aliphatic rings. The number of nitrogens with zero attached hydrogens (tertiary/aromatic N) is 2. The van der Waals surface area contributed by atoms with Crippen LogP contribution in [0.5, 0.6) is 0 Å². The maximum Gasteiger partial charge on any atom is 0.220 e. The van der Waals surface area contributed by atoms with Gasteiger partial charge >= 0.3 is 0 Å². The van der Waals surface area contributed by atoms with Gasteiger partial charge in [-0.05, 0) is 55.2 Å². The largest absolute Gasteiger partial charge is 0.352 e. The Balaban J connectivity index is 1.55. The van der Waals surface area contributed by atoms with Crippen LogP contribution in [0.3, 0.4) is 0 Å². The minimum absolute atomic E-state index is 0.00451. The van der Waals surface area contributed by atoms with E-state index in [4.69, 9.17) is 10.8 Å². The summed E-state index contributed by atoms with van der Waals surface area (Å²) in [6.45, 7) is 0.361. The SMILES string of the molecule is N[C@@H]1CCC[C@H]1CC(=O)NCc1cn(-c2ccccc2)nc1-c1ccc(F)cc1. The molecule has 4 rings (SSSR count). The predicted octanol–water partition coefficient (Wildman–Crippen LogP) is 3.81. The summed E-state index contributed by atoms with van der Waals surface area (Å²) in [5.41, 5.74) is 9.43. The molecule has 3 aromatic rings. The van der Waals surface area contributed by atoms with Gasteiger partial charge in [0.2, 0.25) is 5.91 Å². The highest BCUT2D eigenvalue weighted by Crippen LogP contribution is 2.27. The third-order valence-electron chi connectivity index (χ3n) is 5.57. The smallest absolute Gasteiger partial charge is 0.220 e. The second-order valence-corrected chi connectivity index (χ2v) is 7.63. The van der Waals surface area contributed by atoms with Crippen molar-refractivity contribution in [3.05, 3.63) is 72.2 Å². The predicted molar refractivity (Wildman–Crippen MR) is 111 cm³/mol. The topological polar surface area (TPSA) is 72.9 Å². The highest BCUT2D eigenvalue weighted by molar-refractivity contribution is 5.76. The van der Waals surface area contributed by atoms with E-state index in [1.807, 2.05) is 36.5 Å². The Bertz CT molecular complexity index is 968. The van der Waals surface area contributed by atoms with E-state index in [0.29, 0.717) is 13.0 Å². The second kappa shape index (κ2) is 8.57. The average molecular weight is 392 g/mol. The van der Waals surface area contributed by atoms with Crippen LogP contribution in [-0.4, -0.2) is 21.7 Å². The molecule has 0 bridgehead atoms. The third-order valence-corrected chi connectivity index (χ3v) is 5.57. The van der Waals surface area contributed by atoms with Crippen molar-refractivity contribution in [2.45, 2.75) is 38.3 Å². The molecule has 3 N–H and O–H groups in total. The molecule has 0 spiro atoms. The fourth-order valence-corrected chi connectivity index (χ4v) is 3.93. The highest BCUT2D eigenvalue weighted by Gasteiger charge is 2.26. The summed E-state index contributed by atoms with van der Waals surface area (Å²) in [6, 6.07) is 16.1. The lowest BCUT2D eigenvalue weighted by molar-refractivity contribution is -0.122. The van der Waals surface area contributed by atoms with Gasteiger partial charge in [0.1, 0.15) is 5.82 Å². The maximum atomic E-state index is 13.4. The van der Waals surface area contributed by atoms with Crippen LogP contribution in [0.25, 0.3) is 16.9 Å². The van der Waals surface area contributed by atoms with Crippen molar-refractivity contribution < 1.29 is 9.18 Å². The molecular weight excluding hydrogens is 367 g/mol. The number of nitrogens with one attached hydrogen (secondary N) is 1. The molecule has 0 aliphatic heterocycles. The molecule has 0 unspecified atom stereocenters. The molecule has 0 radical (unpaired) electrons. The zero-order valence-electron chi connectivity index (χ0n) is 16.2.